The summed E-state index contributed by atoms with van der Waals surface area (Å²) in [7, 11) is 0. The molecule has 0 aromatic carbocycles. The zero-order valence-electron chi connectivity index (χ0n) is 13.6. The highest BCUT2D eigenvalue weighted by molar-refractivity contribution is 5.95. The van der Waals surface area contributed by atoms with Gasteiger partial charge in [-0.15, -0.1) is 0 Å². The highest BCUT2D eigenvalue weighted by atomic mass is 16.1. The standard InChI is InChI=1S/C17H27N3O/c1-5-18-16-9-14(8-15(20-16)11(2)3)17(21)19-10-12(4)13-6-7-13/h8-9,11-13H,5-7,10H2,1-4H3,(H,18,20)(H,19,21). The number of hydrogen-bond donors (Lipinski definition) is 2. The Labute approximate surface area is 127 Å². The number of amides is 1. The van der Waals surface area contributed by atoms with Crippen molar-refractivity contribution in [3.8, 4) is 0 Å². The fourth-order valence-corrected chi connectivity index (χ4v) is 2.44. The number of pyridine rings is 1. The number of rotatable bonds is 7. The number of hydrogen-bond acceptors (Lipinski definition) is 3. The minimum Gasteiger partial charge on any atom is -0.370 e. The van der Waals surface area contributed by atoms with Gasteiger partial charge in [-0.05, 0) is 49.7 Å². The molecule has 1 unspecified atom stereocenters. The average molecular weight is 289 g/mol. The topological polar surface area (TPSA) is 54.0 Å². The van der Waals surface area contributed by atoms with Crippen LogP contribution in [0.25, 0.3) is 0 Å². The highest BCUT2D eigenvalue weighted by Gasteiger charge is 2.28. The maximum Gasteiger partial charge on any atom is 0.251 e. The van der Waals surface area contributed by atoms with E-state index in [1.807, 2.05) is 19.1 Å². The van der Waals surface area contributed by atoms with Crippen molar-refractivity contribution in [3.63, 3.8) is 0 Å². The predicted molar refractivity (Wildman–Crippen MR) is 86.7 cm³/mol. The molecule has 1 aromatic heterocycles. The molecule has 0 saturated heterocycles. The lowest BCUT2D eigenvalue weighted by molar-refractivity contribution is 0.0946. The molecule has 1 amide bonds. The SMILES string of the molecule is CCNc1cc(C(=O)NCC(C)C2CC2)cc(C(C)C)n1. The van der Waals surface area contributed by atoms with Gasteiger partial charge in [0.25, 0.3) is 5.91 Å². The van der Waals surface area contributed by atoms with E-state index in [-0.39, 0.29) is 5.91 Å². The van der Waals surface area contributed by atoms with Gasteiger partial charge in [0.15, 0.2) is 0 Å². The minimum atomic E-state index is 0.00551. The van der Waals surface area contributed by atoms with Crippen LogP contribution in [0, 0.1) is 11.8 Å². The molecule has 1 saturated carbocycles. The summed E-state index contributed by atoms with van der Waals surface area (Å²) in [5.74, 6) is 2.48. The third-order valence-electron chi connectivity index (χ3n) is 4.07. The zero-order valence-corrected chi connectivity index (χ0v) is 13.6. The van der Waals surface area contributed by atoms with Gasteiger partial charge < -0.3 is 10.6 Å². The molecule has 21 heavy (non-hydrogen) atoms. The van der Waals surface area contributed by atoms with E-state index in [1.165, 1.54) is 12.8 Å². The number of anilines is 1. The third kappa shape index (κ3) is 4.45. The van der Waals surface area contributed by atoms with Crippen LogP contribution in [0.3, 0.4) is 0 Å². The number of nitrogens with zero attached hydrogens (tertiary/aromatic N) is 1. The van der Waals surface area contributed by atoms with E-state index >= 15 is 0 Å². The Morgan fingerprint density at radius 2 is 2.05 bits per heavy atom. The Morgan fingerprint density at radius 1 is 1.33 bits per heavy atom. The summed E-state index contributed by atoms with van der Waals surface area (Å²) in [5, 5.41) is 6.26. The van der Waals surface area contributed by atoms with E-state index in [0.29, 0.717) is 17.4 Å². The molecule has 1 aliphatic rings. The largest absolute Gasteiger partial charge is 0.370 e. The summed E-state index contributed by atoms with van der Waals surface area (Å²) in [6.07, 6.45) is 2.63. The van der Waals surface area contributed by atoms with Crippen LogP contribution in [-0.2, 0) is 0 Å². The maximum absolute atomic E-state index is 12.4. The fraction of sp³-hybridized carbons (Fsp3) is 0.647. The second-order valence-electron chi connectivity index (χ2n) is 6.38. The van der Waals surface area contributed by atoms with Gasteiger partial charge in [0.2, 0.25) is 0 Å². The van der Waals surface area contributed by atoms with Gasteiger partial charge >= 0.3 is 0 Å². The molecule has 2 N–H and O–H groups in total. The lowest BCUT2D eigenvalue weighted by atomic mass is 10.1. The molecule has 1 heterocycles. The zero-order chi connectivity index (χ0) is 15.4. The number of carbonyl (C=O) groups is 1. The molecule has 1 aromatic rings. The Morgan fingerprint density at radius 3 is 2.62 bits per heavy atom. The molecule has 4 heteroatoms. The van der Waals surface area contributed by atoms with Gasteiger partial charge in [-0.2, -0.15) is 0 Å². The van der Waals surface area contributed by atoms with Crippen molar-refractivity contribution in [1.82, 2.24) is 10.3 Å². The van der Waals surface area contributed by atoms with Crippen LogP contribution in [0.15, 0.2) is 12.1 Å². The van der Waals surface area contributed by atoms with Crippen molar-refractivity contribution < 1.29 is 4.79 Å². The normalized spacial score (nSPS) is 15.9. The Kier molecular flexibility index (Phi) is 5.21. The quantitative estimate of drug-likeness (QED) is 0.808. The van der Waals surface area contributed by atoms with Crippen LogP contribution in [0.4, 0.5) is 5.82 Å². The predicted octanol–water partition coefficient (Wildman–Crippen LogP) is 3.41. The first-order chi connectivity index (χ1) is 10.0. The van der Waals surface area contributed by atoms with Crippen molar-refractivity contribution in [2.75, 3.05) is 18.4 Å². The summed E-state index contributed by atoms with van der Waals surface area (Å²) in [6, 6.07) is 3.75. The molecule has 0 aliphatic heterocycles. The fourth-order valence-electron chi connectivity index (χ4n) is 2.44. The van der Waals surface area contributed by atoms with Gasteiger partial charge in [-0.3, -0.25) is 4.79 Å². The monoisotopic (exact) mass is 289 g/mol. The van der Waals surface area contributed by atoms with E-state index in [0.717, 1.165) is 30.5 Å². The highest BCUT2D eigenvalue weighted by Crippen LogP contribution is 2.36. The van der Waals surface area contributed by atoms with E-state index in [4.69, 9.17) is 0 Å². The van der Waals surface area contributed by atoms with Crippen LogP contribution >= 0.6 is 0 Å². The average Bonchev–Trinajstić information content (AvgIpc) is 3.29. The summed E-state index contributed by atoms with van der Waals surface area (Å²) in [4.78, 5) is 16.9. The third-order valence-corrected chi connectivity index (χ3v) is 4.07. The van der Waals surface area contributed by atoms with Crippen LogP contribution < -0.4 is 10.6 Å². The summed E-state index contributed by atoms with van der Waals surface area (Å²) < 4.78 is 0. The van der Waals surface area contributed by atoms with Crippen molar-refractivity contribution >= 4 is 11.7 Å². The molecule has 2 rings (SSSR count). The van der Waals surface area contributed by atoms with E-state index in [1.54, 1.807) is 0 Å². The first kappa shape index (κ1) is 15.8. The van der Waals surface area contributed by atoms with Gasteiger partial charge in [0.1, 0.15) is 5.82 Å². The molecule has 1 aliphatic carbocycles. The second-order valence-corrected chi connectivity index (χ2v) is 6.38. The summed E-state index contributed by atoms with van der Waals surface area (Å²) in [5.41, 5.74) is 1.65. The van der Waals surface area contributed by atoms with Gasteiger partial charge in [-0.25, -0.2) is 4.98 Å². The summed E-state index contributed by atoms with van der Waals surface area (Å²) in [6.45, 7) is 9.99. The molecule has 116 valence electrons. The smallest absolute Gasteiger partial charge is 0.251 e. The molecule has 0 bridgehead atoms. The first-order valence-electron chi connectivity index (χ1n) is 8.05. The van der Waals surface area contributed by atoms with E-state index < -0.39 is 0 Å². The molecular weight excluding hydrogens is 262 g/mol. The van der Waals surface area contributed by atoms with E-state index in [2.05, 4.69) is 36.4 Å². The Bertz CT molecular complexity index is 495. The molecule has 1 fully saturated rings. The molecule has 0 spiro atoms. The minimum absolute atomic E-state index is 0.00551. The number of aromatic nitrogens is 1. The van der Waals surface area contributed by atoms with Crippen molar-refractivity contribution in [2.45, 2.75) is 46.5 Å². The summed E-state index contributed by atoms with van der Waals surface area (Å²) >= 11 is 0. The van der Waals surface area contributed by atoms with Gasteiger partial charge in [0, 0.05) is 24.3 Å². The molecular formula is C17H27N3O. The number of carbonyl (C=O) groups excluding carboxylic acids is 1. The first-order valence-corrected chi connectivity index (χ1v) is 8.05. The second kappa shape index (κ2) is 6.92. The van der Waals surface area contributed by atoms with Crippen LogP contribution in [0.1, 0.15) is 62.5 Å². The lowest BCUT2D eigenvalue weighted by Crippen LogP contribution is -2.29. The Balaban J connectivity index is 2.06. The van der Waals surface area contributed by atoms with Crippen LogP contribution in [0.2, 0.25) is 0 Å². The van der Waals surface area contributed by atoms with Crippen LogP contribution in [-0.4, -0.2) is 24.0 Å². The van der Waals surface area contributed by atoms with E-state index in [9.17, 15) is 4.79 Å². The molecule has 4 nitrogen and oxygen atoms in total. The van der Waals surface area contributed by atoms with Crippen molar-refractivity contribution in [3.05, 3.63) is 23.4 Å². The Hall–Kier alpha value is -1.58. The molecule has 1 atom stereocenters. The van der Waals surface area contributed by atoms with Gasteiger partial charge in [0.05, 0.1) is 0 Å². The van der Waals surface area contributed by atoms with Crippen molar-refractivity contribution in [2.24, 2.45) is 11.8 Å². The molecule has 0 radical (unpaired) electrons. The van der Waals surface area contributed by atoms with Gasteiger partial charge in [-0.1, -0.05) is 20.8 Å². The van der Waals surface area contributed by atoms with Crippen LogP contribution in [0.5, 0.6) is 0 Å². The number of nitrogens with one attached hydrogen (secondary N) is 2. The maximum atomic E-state index is 12.4. The van der Waals surface area contributed by atoms with Crippen molar-refractivity contribution in [1.29, 1.82) is 0 Å². The lowest BCUT2D eigenvalue weighted by Gasteiger charge is -2.14.